The highest BCUT2D eigenvalue weighted by molar-refractivity contribution is 7.09. The number of esters is 1. The predicted molar refractivity (Wildman–Crippen MR) is 91.5 cm³/mol. The summed E-state index contributed by atoms with van der Waals surface area (Å²) in [6, 6.07) is 0. The first-order valence-corrected chi connectivity index (χ1v) is 8.46. The van der Waals surface area contributed by atoms with Crippen LogP contribution in [-0.4, -0.2) is 45.0 Å². The van der Waals surface area contributed by atoms with E-state index in [1.807, 2.05) is 31.4 Å². The van der Waals surface area contributed by atoms with Gasteiger partial charge >= 0.3 is 5.97 Å². The molecule has 0 spiro atoms. The first-order valence-electron chi connectivity index (χ1n) is 7.58. The van der Waals surface area contributed by atoms with Crippen molar-refractivity contribution in [3.8, 4) is 0 Å². The molecule has 132 valence electrons. The summed E-state index contributed by atoms with van der Waals surface area (Å²) in [5, 5.41) is 2.96. The second-order valence-corrected chi connectivity index (χ2v) is 6.58. The molecule has 1 aromatic heterocycles. The monoisotopic (exact) mass is 353 g/mol. The van der Waals surface area contributed by atoms with Crippen LogP contribution in [0, 0.1) is 5.92 Å². The van der Waals surface area contributed by atoms with E-state index in [1.54, 1.807) is 18.4 Å². The van der Waals surface area contributed by atoms with Gasteiger partial charge in [0, 0.05) is 18.4 Å². The normalized spacial score (nSPS) is 23.1. The molecule has 0 aromatic carbocycles. The summed E-state index contributed by atoms with van der Waals surface area (Å²) in [4.78, 5) is 16.0. The summed E-state index contributed by atoms with van der Waals surface area (Å²) < 4.78 is 20.8. The maximum atomic E-state index is 11.4. The van der Waals surface area contributed by atoms with Crippen molar-refractivity contribution in [3.05, 3.63) is 34.0 Å². The second kappa shape index (κ2) is 7.92. The van der Waals surface area contributed by atoms with Crippen molar-refractivity contribution in [2.75, 3.05) is 27.9 Å². The maximum Gasteiger partial charge on any atom is 0.333 e. The molecule has 0 radical (unpaired) electrons. The van der Waals surface area contributed by atoms with Gasteiger partial charge in [-0.15, -0.1) is 11.3 Å². The predicted octanol–water partition coefficient (Wildman–Crippen LogP) is 2.76. The lowest BCUT2D eigenvalue weighted by atomic mass is 10.0. The lowest BCUT2D eigenvalue weighted by Crippen LogP contribution is -2.21. The van der Waals surface area contributed by atoms with Crippen LogP contribution in [0.1, 0.15) is 24.5 Å². The Morgan fingerprint density at radius 3 is 2.67 bits per heavy atom. The fourth-order valence-corrected chi connectivity index (χ4v) is 3.08. The van der Waals surface area contributed by atoms with Gasteiger partial charge < -0.3 is 18.9 Å². The van der Waals surface area contributed by atoms with Gasteiger partial charge in [-0.25, -0.2) is 9.78 Å². The van der Waals surface area contributed by atoms with Crippen LogP contribution >= 0.6 is 11.3 Å². The van der Waals surface area contributed by atoms with Crippen molar-refractivity contribution < 1.29 is 23.7 Å². The van der Waals surface area contributed by atoms with Gasteiger partial charge in [0.25, 0.3) is 0 Å². The fraction of sp³-hybridized carbons (Fsp3) is 0.529. The van der Waals surface area contributed by atoms with Crippen LogP contribution in [-0.2, 0) is 29.3 Å². The second-order valence-electron chi connectivity index (χ2n) is 5.72. The number of ether oxygens (including phenoxy) is 4. The zero-order chi connectivity index (χ0) is 17.7. The Hall–Kier alpha value is -1.70. The fourth-order valence-electron chi connectivity index (χ4n) is 2.19. The Labute approximate surface area is 146 Å². The Bertz CT molecular complexity index is 633. The molecule has 0 N–H and O–H groups in total. The Morgan fingerprint density at radius 2 is 2.12 bits per heavy atom. The van der Waals surface area contributed by atoms with Crippen LogP contribution < -0.4 is 0 Å². The highest BCUT2D eigenvalue weighted by Gasteiger charge is 2.43. The Kier molecular flexibility index (Phi) is 6.15. The smallest absolute Gasteiger partial charge is 0.333 e. The van der Waals surface area contributed by atoms with Crippen LogP contribution in [0.3, 0.4) is 0 Å². The van der Waals surface area contributed by atoms with E-state index in [-0.39, 0.29) is 17.6 Å². The number of carbonyl (C=O) groups excluding carboxylic acids is 1. The minimum Gasteiger partial charge on any atom is -0.500 e. The number of carbonyl (C=O) groups is 1. The van der Waals surface area contributed by atoms with Crippen LogP contribution in [0.5, 0.6) is 0 Å². The zero-order valence-corrected chi connectivity index (χ0v) is 15.4. The van der Waals surface area contributed by atoms with Gasteiger partial charge in [-0.2, -0.15) is 0 Å². The third-order valence-electron chi connectivity index (χ3n) is 3.92. The van der Waals surface area contributed by atoms with E-state index in [1.165, 1.54) is 20.3 Å². The number of nitrogens with zero attached hydrogens (tertiary/aromatic N) is 1. The summed E-state index contributed by atoms with van der Waals surface area (Å²) in [7, 11) is 4.46. The maximum absolute atomic E-state index is 11.4. The minimum atomic E-state index is -0.459. The standard InChI is InChI=1S/C17H23NO5S/c1-11(14(21-4)8-15(19)22-5)13(20-3)7-6-12-9-24-16(18-12)17(2)10-23-17/h6-9,11,13H,10H2,1-5H3/b7-6+,14-8+/t11-,13+,17?/m1/s1. The van der Waals surface area contributed by atoms with Gasteiger partial charge in [0.15, 0.2) is 0 Å². The van der Waals surface area contributed by atoms with Gasteiger partial charge in [0.1, 0.15) is 16.4 Å². The van der Waals surface area contributed by atoms with Crippen molar-refractivity contribution in [3.63, 3.8) is 0 Å². The highest BCUT2D eigenvalue weighted by Crippen LogP contribution is 2.39. The number of methoxy groups -OCH3 is 3. The van der Waals surface area contributed by atoms with Gasteiger partial charge in [-0.05, 0) is 13.0 Å². The molecule has 24 heavy (non-hydrogen) atoms. The quantitative estimate of drug-likeness (QED) is 0.310. The number of epoxide rings is 1. The highest BCUT2D eigenvalue weighted by atomic mass is 32.1. The molecule has 1 saturated heterocycles. The van der Waals surface area contributed by atoms with Gasteiger partial charge in [-0.1, -0.05) is 13.0 Å². The lowest BCUT2D eigenvalue weighted by Gasteiger charge is -2.21. The molecule has 1 fully saturated rings. The number of hydrogen-bond donors (Lipinski definition) is 0. The van der Waals surface area contributed by atoms with Crippen molar-refractivity contribution in [2.24, 2.45) is 5.92 Å². The molecule has 1 unspecified atom stereocenters. The number of rotatable bonds is 8. The molecule has 1 aliphatic heterocycles. The molecule has 1 aromatic rings. The molecule has 3 atom stereocenters. The minimum absolute atomic E-state index is 0.155. The molecule has 0 aliphatic carbocycles. The molecule has 0 bridgehead atoms. The van der Waals surface area contributed by atoms with Crippen LogP contribution in [0.2, 0.25) is 0 Å². The number of hydrogen-bond acceptors (Lipinski definition) is 7. The van der Waals surface area contributed by atoms with Crippen molar-refractivity contribution >= 4 is 23.4 Å². The number of thiazole rings is 1. The number of aromatic nitrogens is 1. The molecule has 2 rings (SSSR count). The summed E-state index contributed by atoms with van der Waals surface area (Å²) in [6.45, 7) is 4.67. The van der Waals surface area contributed by atoms with E-state index >= 15 is 0 Å². The first-order chi connectivity index (χ1) is 11.4. The summed E-state index contributed by atoms with van der Waals surface area (Å²) >= 11 is 1.58. The van der Waals surface area contributed by atoms with Gasteiger partial charge in [0.05, 0.1) is 38.7 Å². The van der Waals surface area contributed by atoms with Gasteiger partial charge in [-0.3, -0.25) is 0 Å². The molecule has 6 nitrogen and oxygen atoms in total. The lowest BCUT2D eigenvalue weighted by molar-refractivity contribution is -0.135. The van der Waals surface area contributed by atoms with E-state index in [4.69, 9.17) is 14.2 Å². The zero-order valence-electron chi connectivity index (χ0n) is 14.6. The Morgan fingerprint density at radius 1 is 1.42 bits per heavy atom. The molecule has 2 heterocycles. The van der Waals surface area contributed by atoms with Crippen LogP contribution in [0.4, 0.5) is 0 Å². The molecule has 1 aliphatic rings. The van der Waals surface area contributed by atoms with Crippen molar-refractivity contribution in [2.45, 2.75) is 25.6 Å². The van der Waals surface area contributed by atoms with E-state index in [0.717, 1.165) is 17.3 Å². The molecular formula is C17H23NO5S. The van der Waals surface area contributed by atoms with E-state index < -0.39 is 5.97 Å². The van der Waals surface area contributed by atoms with Crippen LogP contribution in [0.25, 0.3) is 6.08 Å². The Balaban J connectivity index is 2.08. The van der Waals surface area contributed by atoms with E-state index in [0.29, 0.717) is 5.76 Å². The van der Waals surface area contributed by atoms with Gasteiger partial charge in [0.2, 0.25) is 0 Å². The first kappa shape index (κ1) is 18.6. The summed E-state index contributed by atoms with van der Waals surface area (Å²) in [5.41, 5.74) is 0.647. The average Bonchev–Trinajstić information content (AvgIpc) is 3.15. The molecular weight excluding hydrogens is 330 g/mol. The average molecular weight is 353 g/mol. The third-order valence-corrected chi connectivity index (χ3v) is 5.02. The SMILES string of the molecule is COC(=O)/C=C(/OC)[C@H](C)[C@H](/C=C/c1csc(C2(C)CO2)n1)OC. The molecule has 0 amide bonds. The van der Waals surface area contributed by atoms with E-state index in [9.17, 15) is 4.79 Å². The summed E-state index contributed by atoms with van der Waals surface area (Å²) in [5.74, 6) is -0.117. The molecule has 0 saturated carbocycles. The van der Waals surface area contributed by atoms with Crippen LogP contribution in [0.15, 0.2) is 23.3 Å². The topological polar surface area (TPSA) is 70.2 Å². The van der Waals surface area contributed by atoms with Crippen molar-refractivity contribution in [1.29, 1.82) is 0 Å². The largest absolute Gasteiger partial charge is 0.500 e. The third kappa shape index (κ3) is 4.43. The van der Waals surface area contributed by atoms with E-state index in [2.05, 4.69) is 9.72 Å². The molecule has 7 heteroatoms. The summed E-state index contributed by atoms with van der Waals surface area (Å²) in [6.07, 6.45) is 4.88. The van der Waals surface area contributed by atoms with Crippen molar-refractivity contribution in [1.82, 2.24) is 4.98 Å².